The van der Waals surface area contributed by atoms with Gasteiger partial charge in [-0.25, -0.2) is 0 Å². The van der Waals surface area contributed by atoms with Crippen molar-refractivity contribution < 1.29 is 36.5 Å². The second-order valence-electron chi connectivity index (χ2n) is 9.22. The Morgan fingerprint density at radius 2 is 1.71 bits per heavy atom. The van der Waals surface area contributed by atoms with E-state index in [1.165, 1.54) is 43.5 Å². The Bertz CT molecular complexity index is 1620. The van der Waals surface area contributed by atoms with Gasteiger partial charge < -0.3 is 23.9 Å². The fraction of sp³-hybridized carbons (Fsp3) is 0.207. The highest BCUT2D eigenvalue weighted by Gasteiger charge is 2.36. The van der Waals surface area contributed by atoms with Crippen LogP contribution in [0.3, 0.4) is 0 Å². The number of carbonyl (C=O) groups excluding carboxylic acids is 3. The number of nitrogens with one attached hydrogen (secondary N) is 1. The first kappa shape index (κ1) is 29.2. The van der Waals surface area contributed by atoms with Gasteiger partial charge in [0.2, 0.25) is 5.91 Å². The number of morpholine rings is 1. The molecule has 2 saturated heterocycles. The highest BCUT2D eigenvalue weighted by Crippen LogP contribution is 2.35. The number of methoxy groups -OCH3 is 1. The number of amides is 3. The summed E-state index contributed by atoms with van der Waals surface area (Å²) in [4.78, 5) is 41.4. The molecule has 1 N–H and O–H groups in total. The van der Waals surface area contributed by atoms with Crippen LogP contribution in [0.25, 0.3) is 6.08 Å². The van der Waals surface area contributed by atoms with E-state index in [-0.39, 0.29) is 21.3 Å². The lowest BCUT2D eigenvalue weighted by atomic mass is 10.2. The number of benzene rings is 3. The third-order valence-corrected chi connectivity index (χ3v) is 8.58. The van der Waals surface area contributed by atoms with Gasteiger partial charge in [0.1, 0.15) is 11.4 Å². The normalized spacial score (nSPS) is 16.5. The lowest BCUT2D eigenvalue weighted by molar-refractivity contribution is -0.127. The smallest absolute Gasteiger partial charge is 0.339 e. The number of hydrogen-bond acceptors (Lipinski definition) is 10. The second kappa shape index (κ2) is 12.7. The van der Waals surface area contributed by atoms with Crippen LogP contribution in [0.1, 0.15) is 5.56 Å². The van der Waals surface area contributed by atoms with Crippen molar-refractivity contribution in [1.82, 2.24) is 4.90 Å². The molecule has 0 bridgehead atoms. The Balaban J connectivity index is 1.23. The van der Waals surface area contributed by atoms with E-state index in [0.717, 1.165) is 23.7 Å². The lowest BCUT2D eigenvalue weighted by Gasteiger charge is -2.28. The molecule has 5 rings (SSSR count). The molecular weight excluding hydrogens is 582 g/mol. The van der Waals surface area contributed by atoms with Crippen LogP contribution in [-0.4, -0.2) is 70.3 Å². The minimum atomic E-state index is -4.10. The molecule has 2 heterocycles. The first-order valence-electron chi connectivity index (χ1n) is 12.9. The predicted octanol–water partition coefficient (Wildman–Crippen LogP) is 3.97. The maximum atomic E-state index is 13.0. The van der Waals surface area contributed by atoms with Gasteiger partial charge in [-0.3, -0.25) is 19.3 Å². The van der Waals surface area contributed by atoms with Crippen molar-refractivity contribution in [3.05, 3.63) is 83.3 Å². The molecular formula is C29H27N3O8S2. The highest BCUT2D eigenvalue weighted by atomic mass is 32.2. The summed E-state index contributed by atoms with van der Waals surface area (Å²) in [5, 5.41) is 2.14. The monoisotopic (exact) mass is 609 g/mol. The van der Waals surface area contributed by atoms with Crippen molar-refractivity contribution in [3.63, 3.8) is 0 Å². The molecule has 218 valence electrons. The van der Waals surface area contributed by atoms with E-state index in [1.54, 1.807) is 30.3 Å². The Kier molecular flexibility index (Phi) is 8.80. The van der Waals surface area contributed by atoms with Gasteiger partial charge >= 0.3 is 10.1 Å². The van der Waals surface area contributed by atoms with Gasteiger partial charge in [-0.05, 0) is 71.9 Å². The molecule has 2 aliphatic rings. The molecule has 13 heteroatoms. The molecule has 3 amide bonds. The van der Waals surface area contributed by atoms with E-state index >= 15 is 0 Å². The van der Waals surface area contributed by atoms with Crippen LogP contribution in [0.4, 0.5) is 16.2 Å². The third kappa shape index (κ3) is 6.75. The largest absolute Gasteiger partial charge is 0.493 e. The van der Waals surface area contributed by atoms with E-state index in [9.17, 15) is 22.8 Å². The first-order valence-corrected chi connectivity index (χ1v) is 15.1. The van der Waals surface area contributed by atoms with Crippen LogP contribution in [-0.2, 0) is 24.4 Å². The third-order valence-electron chi connectivity index (χ3n) is 6.42. The molecule has 0 spiro atoms. The quantitative estimate of drug-likeness (QED) is 0.281. The molecule has 3 aromatic rings. The van der Waals surface area contributed by atoms with Gasteiger partial charge in [-0.2, -0.15) is 8.42 Å². The summed E-state index contributed by atoms with van der Waals surface area (Å²) in [6.07, 6.45) is 1.46. The molecule has 0 radical (unpaired) electrons. The summed E-state index contributed by atoms with van der Waals surface area (Å²) in [6, 6.07) is 19.4. The van der Waals surface area contributed by atoms with Gasteiger partial charge in [0, 0.05) is 24.5 Å². The number of hydrogen-bond donors (Lipinski definition) is 1. The van der Waals surface area contributed by atoms with Crippen LogP contribution in [0.5, 0.6) is 11.5 Å². The standard InChI is InChI=1S/C29H27N3O8S2/c1-38-25-17-20(7-12-24(25)40-42(36,37)23-5-3-2-4-6-23)18-26-28(34)32(29(35)41-26)19-27(33)30-21-8-10-22(11-9-21)31-13-15-39-16-14-31/h2-12,17-18H,13-16,19H2,1H3,(H,30,33)/b26-18-. The SMILES string of the molecule is COc1cc(/C=C2\SC(=O)N(CC(=O)Nc3ccc(N4CCOCC4)cc3)C2=O)ccc1OS(=O)(=O)c1ccccc1. The van der Waals surface area contributed by atoms with Crippen LogP contribution >= 0.6 is 11.8 Å². The van der Waals surface area contributed by atoms with E-state index in [1.807, 2.05) is 12.1 Å². The van der Waals surface area contributed by atoms with Crippen molar-refractivity contribution in [3.8, 4) is 11.5 Å². The predicted molar refractivity (Wildman–Crippen MR) is 158 cm³/mol. The second-order valence-corrected chi connectivity index (χ2v) is 11.8. The average Bonchev–Trinajstić information content (AvgIpc) is 3.26. The highest BCUT2D eigenvalue weighted by molar-refractivity contribution is 8.18. The molecule has 0 saturated carbocycles. The lowest BCUT2D eigenvalue weighted by Crippen LogP contribution is -2.36. The molecule has 0 aromatic heterocycles. The van der Waals surface area contributed by atoms with Crippen molar-refractivity contribution >= 4 is 56.4 Å². The van der Waals surface area contributed by atoms with Crippen LogP contribution in [0.15, 0.2) is 82.6 Å². The summed E-state index contributed by atoms with van der Waals surface area (Å²) in [5.74, 6) is -1.06. The van der Waals surface area contributed by atoms with Gasteiger partial charge in [0.25, 0.3) is 11.1 Å². The summed E-state index contributed by atoms with van der Waals surface area (Å²) in [6.45, 7) is 2.47. The maximum Gasteiger partial charge on any atom is 0.339 e. The fourth-order valence-electron chi connectivity index (χ4n) is 4.31. The molecule has 11 nitrogen and oxygen atoms in total. The number of carbonyl (C=O) groups is 3. The van der Waals surface area contributed by atoms with E-state index in [4.69, 9.17) is 13.7 Å². The van der Waals surface area contributed by atoms with Crippen molar-refractivity contribution in [1.29, 1.82) is 0 Å². The molecule has 2 fully saturated rings. The number of rotatable bonds is 9. The van der Waals surface area contributed by atoms with Crippen LogP contribution < -0.4 is 19.1 Å². The molecule has 2 aliphatic heterocycles. The Morgan fingerprint density at radius 1 is 1.00 bits per heavy atom. The van der Waals surface area contributed by atoms with E-state index in [2.05, 4.69) is 10.2 Å². The minimum absolute atomic E-state index is 0.0150. The number of nitrogens with zero attached hydrogens (tertiary/aromatic N) is 2. The Labute approximate surface area is 247 Å². The van der Waals surface area contributed by atoms with Crippen molar-refractivity contribution in [2.45, 2.75) is 4.90 Å². The summed E-state index contributed by atoms with van der Waals surface area (Å²) < 4.78 is 41.2. The topological polar surface area (TPSA) is 132 Å². The summed E-state index contributed by atoms with van der Waals surface area (Å²) in [5.41, 5.74) is 2.02. The van der Waals surface area contributed by atoms with Crippen molar-refractivity contribution in [2.75, 3.05) is 50.2 Å². The fourth-order valence-corrected chi connectivity index (χ4v) is 6.10. The van der Waals surface area contributed by atoms with Gasteiger partial charge in [0.05, 0.1) is 25.2 Å². The molecule has 0 aliphatic carbocycles. The number of thioether (sulfide) groups is 1. The summed E-state index contributed by atoms with van der Waals surface area (Å²) >= 11 is 0.702. The summed E-state index contributed by atoms with van der Waals surface area (Å²) in [7, 11) is -2.74. The Hall–Kier alpha value is -4.33. The molecule has 0 unspecified atom stereocenters. The average molecular weight is 610 g/mol. The molecule has 42 heavy (non-hydrogen) atoms. The van der Waals surface area contributed by atoms with E-state index < -0.39 is 33.7 Å². The maximum absolute atomic E-state index is 13.0. The van der Waals surface area contributed by atoms with E-state index in [0.29, 0.717) is 36.2 Å². The number of anilines is 2. The van der Waals surface area contributed by atoms with Gasteiger partial charge in [-0.1, -0.05) is 24.3 Å². The van der Waals surface area contributed by atoms with Crippen molar-refractivity contribution in [2.24, 2.45) is 0 Å². The number of imide groups is 1. The molecule has 0 atom stereocenters. The van der Waals surface area contributed by atoms with Gasteiger partial charge in [0.15, 0.2) is 11.5 Å². The van der Waals surface area contributed by atoms with Gasteiger partial charge in [-0.15, -0.1) is 0 Å². The first-order chi connectivity index (χ1) is 20.2. The van der Waals surface area contributed by atoms with Crippen LogP contribution in [0.2, 0.25) is 0 Å². The minimum Gasteiger partial charge on any atom is -0.493 e. The zero-order valence-electron chi connectivity index (χ0n) is 22.5. The molecule has 3 aromatic carbocycles. The zero-order chi connectivity index (χ0) is 29.7. The zero-order valence-corrected chi connectivity index (χ0v) is 24.2. The number of ether oxygens (including phenoxy) is 2. The van der Waals surface area contributed by atoms with Crippen LogP contribution in [0, 0.1) is 0 Å². The Morgan fingerprint density at radius 3 is 2.40 bits per heavy atom.